The van der Waals surface area contributed by atoms with Crippen molar-refractivity contribution >= 4 is 0 Å². The molecule has 0 fully saturated rings. The highest BCUT2D eigenvalue weighted by Crippen LogP contribution is 2.12. The number of hydrogen-bond acceptors (Lipinski definition) is 0. The van der Waals surface area contributed by atoms with Crippen molar-refractivity contribution in [2.45, 2.75) is 84.5 Å². The summed E-state index contributed by atoms with van der Waals surface area (Å²) in [5.74, 6) is 0. The Labute approximate surface area is 109 Å². The molecule has 0 rings (SSSR count). The Hall–Kier alpha value is -0.520. The van der Waals surface area contributed by atoms with E-state index in [1.807, 2.05) is 0 Å². The SMILES string of the molecule is C=C(CCC)CCCCC=CCCCCCC. The minimum atomic E-state index is 1.22. The summed E-state index contributed by atoms with van der Waals surface area (Å²) >= 11 is 0. The van der Waals surface area contributed by atoms with Gasteiger partial charge in [0.25, 0.3) is 0 Å². The molecule has 0 heteroatoms. The Bertz CT molecular complexity index is 188. The Morgan fingerprint density at radius 1 is 0.765 bits per heavy atom. The maximum absolute atomic E-state index is 4.10. The summed E-state index contributed by atoms with van der Waals surface area (Å²) in [5.41, 5.74) is 1.44. The molecule has 0 atom stereocenters. The first-order valence-corrected chi connectivity index (χ1v) is 7.62. The molecule has 0 bridgehead atoms. The third kappa shape index (κ3) is 13.4. The van der Waals surface area contributed by atoms with Gasteiger partial charge in [0, 0.05) is 0 Å². The second-order valence-electron chi connectivity index (χ2n) is 5.07. The molecule has 0 aromatic rings. The van der Waals surface area contributed by atoms with E-state index >= 15 is 0 Å². The summed E-state index contributed by atoms with van der Waals surface area (Å²) in [6.07, 6.45) is 19.1. The molecule has 0 nitrogen and oxygen atoms in total. The maximum atomic E-state index is 4.10. The van der Waals surface area contributed by atoms with Gasteiger partial charge in [0.2, 0.25) is 0 Å². The van der Waals surface area contributed by atoms with Crippen LogP contribution in [0.5, 0.6) is 0 Å². The average Bonchev–Trinajstić information content (AvgIpc) is 2.32. The molecule has 0 spiro atoms. The summed E-state index contributed by atoms with van der Waals surface area (Å²) in [5, 5.41) is 0. The predicted octanol–water partition coefficient (Wildman–Crippen LogP) is 6.43. The van der Waals surface area contributed by atoms with E-state index in [1.54, 1.807) is 0 Å². The molecule has 0 aliphatic rings. The van der Waals surface area contributed by atoms with Crippen molar-refractivity contribution in [3.05, 3.63) is 24.3 Å². The quantitative estimate of drug-likeness (QED) is 0.270. The second kappa shape index (κ2) is 13.5. The van der Waals surface area contributed by atoms with E-state index in [9.17, 15) is 0 Å². The van der Waals surface area contributed by atoms with Crippen molar-refractivity contribution in [2.24, 2.45) is 0 Å². The van der Waals surface area contributed by atoms with E-state index < -0.39 is 0 Å². The van der Waals surface area contributed by atoms with Crippen LogP contribution in [-0.2, 0) is 0 Å². The molecule has 100 valence electrons. The zero-order valence-electron chi connectivity index (χ0n) is 12.1. The molecular weight excluding hydrogens is 204 g/mol. The number of allylic oxidation sites excluding steroid dienone is 3. The van der Waals surface area contributed by atoms with Crippen LogP contribution in [0.15, 0.2) is 24.3 Å². The fourth-order valence-corrected chi connectivity index (χ4v) is 2.04. The summed E-state index contributed by atoms with van der Waals surface area (Å²) < 4.78 is 0. The average molecular weight is 236 g/mol. The maximum Gasteiger partial charge on any atom is -0.0323 e. The molecule has 0 saturated heterocycles. The first-order valence-electron chi connectivity index (χ1n) is 7.62. The zero-order chi connectivity index (χ0) is 12.8. The van der Waals surface area contributed by atoms with Crippen molar-refractivity contribution in [3.63, 3.8) is 0 Å². The van der Waals surface area contributed by atoms with E-state index in [0.717, 1.165) is 0 Å². The lowest BCUT2D eigenvalue weighted by Crippen LogP contribution is -1.82. The molecule has 0 radical (unpaired) electrons. The normalized spacial score (nSPS) is 11.2. The van der Waals surface area contributed by atoms with Gasteiger partial charge in [0.1, 0.15) is 0 Å². The van der Waals surface area contributed by atoms with Crippen LogP contribution in [0.2, 0.25) is 0 Å². The molecule has 0 amide bonds. The van der Waals surface area contributed by atoms with Gasteiger partial charge < -0.3 is 0 Å². The van der Waals surface area contributed by atoms with Gasteiger partial charge in [-0.3, -0.25) is 0 Å². The van der Waals surface area contributed by atoms with Gasteiger partial charge in [-0.05, 0) is 44.9 Å². The fourth-order valence-electron chi connectivity index (χ4n) is 2.04. The van der Waals surface area contributed by atoms with Crippen molar-refractivity contribution in [1.82, 2.24) is 0 Å². The third-order valence-electron chi connectivity index (χ3n) is 3.15. The summed E-state index contributed by atoms with van der Waals surface area (Å²) in [6, 6.07) is 0. The van der Waals surface area contributed by atoms with E-state index in [1.165, 1.54) is 76.2 Å². The van der Waals surface area contributed by atoms with Crippen LogP contribution in [0, 0.1) is 0 Å². The van der Waals surface area contributed by atoms with Gasteiger partial charge in [-0.25, -0.2) is 0 Å². The molecule has 0 aliphatic carbocycles. The van der Waals surface area contributed by atoms with E-state index in [-0.39, 0.29) is 0 Å². The third-order valence-corrected chi connectivity index (χ3v) is 3.15. The van der Waals surface area contributed by atoms with Crippen molar-refractivity contribution < 1.29 is 0 Å². The highest BCUT2D eigenvalue weighted by Gasteiger charge is 1.92. The van der Waals surface area contributed by atoms with Crippen LogP contribution >= 0.6 is 0 Å². The molecule has 17 heavy (non-hydrogen) atoms. The van der Waals surface area contributed by atoms with Crippen LogP contribution in [0.1, 0.15) is 84.5 Å². The Kier molecular flexibility index (Phi) is 13.1. The molecular formula is C17H32. The molecule has 0 aliphatic heterocycles. The van der Waals surface area contributed by atoms with E-state index in [0.29, 0.717) is 0 Å². The van der Waals surface area contributed by atoms with Crippen LogP contribution in [0.4, 0.5) is 0 Å². The first-order chi connectivity index (χ1) is 8.31. The van der Waals surface area contributed by atoms with Crippen LogP contribution < -0.4 is 0 Å². The minimum absolute atomic E-state index is 1.22. The topological polar surface area (TPSA) is 0 Å². The zero-order valence-corrected chi connectivity index (χ0v) is 12.1. The Morgan fingerprint density at radius 2 is 1.41 bits per heavy atom. The van der Waals surface area contributed by atoms with E-state index in [4.69, 9.17) is 0 Å². The minimum Gasteiger partial charge on any atom is -0.0999 e. The number of hydrogen-bond donors (Lipinski definition) is 0. The van der Waals surface area contributed by atoms with E-state index in [2.05, 4.69) is 32.6 Å². The van der Waals surface area contributed by atoms with Gasteiger partial charge in [-0.1, -0.05) is 63.8 Å². The van der Waals surface area contributed by atoms with Crippen LogP contribution in [-0.4, -0.2) is 0 Å². The first kappa shape index (κ1) is 16.5. The summed E-state index contributed by atoms with van der Waals surface area (Å²) in [4.78, 5) is 0. The van der Waals surface area contributed by atoms with Gasteiger partial charge in [0.15, 0.2) is 0 Å². The summed E-state index contributed by atoms with van der Waals surface area (Å²) in [6.45, 7) is 8.60. The Morgan fingerprint density at radius 3 is 2.00 bits per heavy atom. The lowest BCUT2D eigenvalue weighted by molar-refractivity contribution is 0.672. The number of unbranched alkanes of at least 4 members (excludes halogenated alkanes) is 6. The predicted molar refractivity (Wildman–Crippen MR) is 80.4 cm³/mol. The summed E-state index contributed by atoms with van der Waals surface area (Å²) in [7, 11) is 0. The monoisotopic (exact) mass is 236 g/mol. The standard InChI is InChI=1S/C17H32/c1-4-6-7-8-9-10-11-12-13-14-16-17(3)15-5-2/h10-11H,3-9,12-16H2,1-2H3. The van der Waals surface area contributed by atoms with Crippen molar-refractivity contribution in [3.8, 4) is 0 Å². The van der Waals surface area contributed by atoms with Gasteiger partial charge in [-0.2, -0.15) is 0 Å². The van der Waals surface area contributed by atoms with Gasteiger partial charge >= 0.3 is 0 Å². The van der Waals surface area contributed by atoms with Crippen LogP contribution in [0.25, 0.3) is 0 Å². The molecule has 0 aromatic carbocycles. The number of rotatable bonds is 12. The molecule has 0 aromatic heterocycles. The molecule has 0 saturated carbocycles. The lowest BCUT2D eigenvalue weighted by Gasteiger charge is -2.02. The lowest BCUT2D eigenvalue weighted by atomic mass is 10.0. The largest absolute Gasteiger partial charge is 0.0999 e. The highest BCUT2D eigenvalue weighted by molar-refractivity contribution is 4.93. The van der Waals surface area contributed by atoms with Crippen molar-refractivity contribution in [2.75, 3.05) is 0 Å². The van der Waals surface area contributed by atoms with Gasteiger partial charge in [0.05, 0.1) is 0 Å². The van der Waals surface area contributed by atoms with Crippen molar-refractivity contribution in [1.29, 1.82) is 0 Å². The molecule has 0 heterocycles. The fraction of sp³-hybridized carbons (Fsp3) is 0.765. The van der Waals surface area contributed by atoms with Crippen LogP contribution in [0.3, 0.4) is 0 Å². The smallest absolute Gasteiger partial charge is 0.0323 e. The highest BCUT2D eigenvalue weighted by atomic mass is 14.0. The second-order valence-corrected chi connectivity index (χ2v) is 5.07. The Balaban J connectivity index is 3.16. The molecule has 0 unspecified atom stereocenters. The molecule has 0 N–H and O–H groups in total. The van der Waals surface area contributed by atoms with Gasteiger partial charge in [-0.15, -0.1) is 0 Å².